The predicted molar refractivity (Wildman–Crippen MR) is 76.6 cm³/mol. The lowest BCUT2D eigenvalue weighted by atomic mass is 10.1. The Labute approximate surface area is 112 Å². The van der Waals surface area contributed by atoms with Crippen molar-refractivity contribution in [3.63, 3.8) is 0 Å². The van der Waals surface area contributed by atoms with Gasteiger partial charge in [-0.25, -0.2) is 0 Å². The molecule has 1 fully saturated rings. The third-order valence-electron chi connectivity index (χ3n) is 3.80. The van der Waals surface area contributed by atoms with Gasteiger partial charge in [-0.2, -0.15) is 0 Å². The number of carbonyl (C=O) groups excluding carboxylic acids is 1. The summed E-state index contributed by atoms with van der Waals surface area (Å²) in [6.07, 6.45) is 11.3. The van der Waals surface area contributed by atoms with Gasteiger partial charge in [0.1, 0.15) is 0 Å². The lowest BCUT2D eigenvalue weighted by Gasteiger charge is -2.16. The summed E-state index contributed by atoms with van der Waals surface area (Å²) in [4.78, 5) is 11.7. The Hall–Kier alpha value is -0.570. The van der Waals surface area contributed by atoms with Crippen LogP contribution in [0.4, 0.5) is 0 Å². The van der Waals surface area contributed by atoms with E-state index in [4.69, 9.17) is 0 Å². The van der Waals surface area contributed by atoms with E-state index < -0.39 is 0 Å². The number of rotatable bonds is 9. The van der Waals surface area contributed by atoms with Crippen molar-refractivity contribution < 1.29 is 4.79 Å². The van der Waals surface area contributed by atoms with Gasteiger partial charge in [0.2, 0.25) is 5.91 Å². The molecule has 1 aliphatic carbocycles. The van der Waals surface area contributed by atoms with E-state index >= 15 is 0 Å². The van der Waals surface area contributed by atoms with Crippen LogP contribution in [0.5, 0.6) is 0 Å². The van der Waals surface area contributed by atoms with Crippen LogP contribution in [0.25, 0.3) is 0 Å². The molecule has 2 N–H and O–H groups in total. The van der Waals surface area contributed by atoms with E-state index in [1.807, 2.05) is 0 Å². The first-order valence-corrected chi connectivity index (χ1v) is 7.75. The Morgan fingerprint density at radius 1 is 1.22 bits per heavy atom. The molecule has 1 unspecified atom stereocenters. The van der Waals surface area contributed by atoms with E-state index in [1.54, 1.807) is 0 Å². The van der Waals surface area contributed by atoms with Crippen molar-refractivity contribution in [1.82, 2.24) is 10.6 Å². The fourth-order valence-electron chi connectivity index (χ4n) is 2.64. The molecule has 0 radical (unpaired) electrons. The summed E-state index contributed by atoms with van der Waals surface area (Å²) in [7, 11) is 0. The van der Waals surface area contributed by atoms with Crippen LogP contribution in [0, 0.1) is 0 Å². The van der Waals surface area contributed by atoms with Crippen LogP contribution >= 0.6 is 0 Å². The monoisotopic (exact) mass is 254 g/mol. The minimum atomic E-state index is 0.157. The van der Waals surface area contributed by atoms with Crippen molar-refractivity contribution >= 4 is 5.91 Å². The van der Waals surface area contributed by atoms with Crippen molar-refractivity contribution in [3.05, 3.63) is 0 Å². The molecule has 0 aliphatic heterocycles. The maximum absolute atomic E-state index is 11.7. The number of hydrogen-bond donors (Lipinski definition) is 2. The summed E-state index contributed by atoms with van der Waals surface area (Å²) in [5.74, 6) is 0.157. The number of unbranched alkanes of at least 4 members (excludes halogenated alkanes) is 3. The minimum Gasteiger partial charge on any atom is -0.353 e. The summed E-state index contributed by atoms with van der Waals surface area (Å²) >= 11 is 0. The first kappa shape index (κ1) is 15.5. The van der Waals surface area contributed by atoms with Crippen LogP contribution in [-0.2, 0) is 4.79 Å². The zero-order chi connectivity index (χ0) is 13.2. The summed E-state index contributed by atoms with van der Waals surface area (Å²) in [6, 6.07) is 0.898. The van der Waals surface area contributed by atoms with Gasteiger partial charge in [0, 0.05) is 12.1 Å². The standard InChI is InChI=1S/C15H30N2O/c1-3-4-5-6-9-13(2)17-15(18)12-16-14-10-7-8-11-14/h13-14,16H,3-12H2,1-2H3,(H,17,18). The van der Waals surface area contributed by atoms with Gasteiger partial charge in [-0.15, -0.1) is 0 Å². The molecule has 1 atom stereocenters. The average Bonchev–Trinajstić information content (AvgIpc) is 2.85. The fraction of sp³-hybridized carbons (Fsp3) is 0.933. The molecule has 3 heteroatoms. The summed E-state index contributed by atoms with van der Waals surface area (Å²) < 4.78 is 0. The second-order valence-corrected chi connectivity index (χ2v) is 5.68. The van der Waals surface area contributed by atoms with E-state index in [-0.39, 0.29) is 5.91 Å². The largest absolute Gasteiger partial charge is 0.353 e. The Morgan fingerprint density at radius 3 is 2.61 bits per heavy atom. The summed E-state index contributed by atoms with van der Waals surface area (Å²) in [5, 5.41) is 6.43. The second-order valence-electron chi connectivity index (χ2n) is 5.68. The van der Waals surface area contributed by atoms with Crippen molar-refractivity contribution in [2.75, 3.05) is 6.54 Å². The molecule has 1 amide bonds. The highest BCUT2D eigenvalue weighted by atomic mass is 16.1. The van der Waals surface area contributed by atoms with Gasteiger partial charge in [0.25, 0.3) is 0 Å². The van der Waals surface area contributed by atoms with E-state index in [9.17, 15) is 4.79 Å². The predicted octanol–water partition coefficient (Wildman–Crippen LogP) is 2.99. The maximum Gasteiger partial charge on any atom is 0.234 e. The van der Waals surface area contributed by atoms with E-state index in [0.29, 0.717) is 18.6 Å². The second kappa shape index (κ2) is 9.37. The Morgan fingerprint density at radius 2 is 1.94 bits per heavy atom. The van der Waals surface area contributed by atoms with Crippen LogP contribution in [0.2, 0.25) is 0 Å². The SMILES string of the molecule is CCCCCCC(C)NC(=O)CNC1CCCC1. The van der Waals surface area contributed by atoms with Gasteiger partial charge < -0.3 is 10.6 Å². The van der Waals surface area contributed by atoms with Gasteiger partial charge in [0.15, 0.2) is 0 Å². The molecule has 1 aliphatic rings. The van der Waals surface area contributed by atoms with Gasteiger partial charge in [-0.1, -0.05) is 45.4 Å². The molecule has 0 aromatic carbocycles. The van der Waals surface area contributed by atoms with Gasteiger partial charge >= 0.3 is 0 Å². The average molecular weight is 254 g/mol. The Bertz CT molecular complexity index is 225. The zero-order valence-electron chi connectivity index (χ0n) is 12.1. The molecule has 106 valence electrons. The zero-order valence-corrected chi connectivity index (χ0v) is 12.1. The number of hydrogen-bond acceptors (Lipinski definition) is 2. The normalized spacial score (nSPS) is 17.9. The Balaban J connectivity index is 2.00. The van der Waals surface area contributed by atoms with Gasteiger partial charge in [-0.3, -0.25) is 4.79 Å². The van der Waals surface area contributed by atoms with E-state index in [0.717, 1.165) is 6.42 Å². The third-order valence-corrected chi connectivity index (χ3v) is 3.80. The molecule has 3 nitrogen and oxygen atoms in total. The first-order valence-electron chi connectivity index (χ1n) is 7.75. The fourth-order valence-corrected chi connectivity index (χ4v) is 2.64. The topological polar surface area (TPSA) is 41.1 Å². The van der Waals surface area contributed by atoms with E-state index in [1.165, 1.54) is 51.4 Å². The number of nitrogens with one attached hydrogen (secondary N) is 2. The molecule has 0 aromatic heterocycles. The highest BCUT2D eigenvalue weighted by Crippen LogP contribution is 2.17. The lowest BCUT2D eigenvalue weighted by molar-refractivity contribution is -0.121. The minimum absolute atomic E-state index is 0.157. The van der Waals surface area contributed by atoms with Gasteiger partial charge in [0.05, 0.1) is 6.54 Å². The van der Waals surface area contributed by atoms with Gasteiger partial charge in [-0.05, 0) is 26.2 Å². The maximum atomic E-state index is 11.7. The quantitative estimate of drug-likeness (QED) is 0.621. The highest BCUT2D eigenvalue weighted by molar-refractivity contribution is 5.78. The van der Waals surface area contributed by atoms with Crippen LogP contribution in [0.3, 0.4) is 0 Å². The van der Waals surface area contributed by atoms with Crippen molar-refractivity contribution in [2.24, 2.45) is 0 Å². The molecule has 0 saturated heterocycles. The third kappa shape index (κ3) is 7.00. The lowest BCUT2D eigenvalue weighted by Crippen LogP contribution is -2.41. The smallest absolute Gasteiger partial charge is 0.234 e. The van der Waals surface area contributed by atoms with Crippen LogP contribution in [-0.4, -0.2) is 24.5 Å². The van der Waals surface area contributed by atoms with Crippen molar-refractivity contribution in [2.45, 2.75) is 83.7 Å². The highest BCUT2D eigenvalue weighted by Gasteiger charge is 2.15. The number of amides is 1. The van der Waals surface area contributed by atoms with Crippen molar-refractivity contribution in [3.8, 4) is 0 Å². The molecular weight excluding hydrogens is 224 g/mol. The molecule has 0 heterocycles. The van der Waals surface area contributed by atoms with Crippen molar-refractivity contribution in [1.29, 1.82) is 0 Å². The van der Waals surface area contributed by atoms with Crippen LogP contribution < -0.4 is 10.6 Å². The molecule has 0 bridgehead atoms. The van der Waals surface area contributed by atoms with Crippen LogP contribution in [0.15, 0.2) is 0 Å². The molecule has 1 saturated carbocycles. The van der Waals surface area contributed by atoms with E-state index in [2.05, 4.69) is 24.5 Å². The first-order chi connectivity index (χ1) is 8.72. The summed E-state index contributed by atoms with van der Waals surface area (Å²) in [6.45, 7) is 4.82. The molecular formula is C15H30N2O. The molecule has 0 spiro atoms. The molecule has 1 rings (SSSR count). The molecule has 18 heavy (non-hydrogen) atoms. The summed E-state index contributed by atoms with van der Waals surface area (Å²) in [5.41, 5.74) is 0. The van der Waals surface area contributed by atoms with Crippen LogP contribution in [0.1, 0.15) is 71.6 Å². The molecule has 0 aromatic rings. The Kier molecular flexibility index (Phi) is 8.06. The number of carbonyl (C=O) groups is 1.